The number of hydrogen-bond acceptors (Lipinski definition) is 6. The Kier molecular flexibility index (Phi) is 4.20. The molecule has 0 radical (unpaired) electrons. The molecule has 0 aromatic heterocycles. The van der Waals surface area contributed by atoms with Crippen LogP contribution in [-0.2, 0) is 14.4 Å². The van der Waals surface area contributed by atoms with Gasteiger partial charge in [0, 0.05) is 5.69 Å². The molecule has 1 saturated heterocycles. The number of thiocarbonyl (C=S) groups is 1. The van der Waals surface area contributed by atoms with Crippen LogP contribution in [0.15, 0.2) is 24.3 Å². The maximum Gasteiger partial charge on any atom is 0.328 e. The molecule has 3 amide bonds. The second kappa shape index (κ2) is 5.88. The van der Waals surface area contributed by atoms with E-state index in [1.54, 1.807) is 0 Å². The maximum absolute atomic E-state index is 11.6. The topological polar surface area (TPSA) is 98.7 Å². The summed E-state index contributed by atoms with van der Waals surface area (Å²) in [6.45, 7) is 0. The predicted molar refractivity (Wildman–Crippen MR) is 76.8 cm³/mol. The summed E-state index contributed by atoms with van der Waals surface area (Å²) in [4.78, 5) is 34.6. The van der Waals surface area contributed by atoms with E-state index in [1.807, 2.05) is 0 Å². The fourth-order valence-electron chi connectivity index (χ4n) is 1.35. The van der Waals surface area contributed by atoms with E-state index < -0.39 is 11.8 Å². The van der Waals surface area contributed by atoms with Gasteiger partial charge in [-0.25, -0.2) is 5.01 Å². The van der Waals surface area contributed by atoms with Crippen LogP contribution in [0.2, 0.25) is 0 Å². The van der Waals surface area contributed by atoms with Crippen LogP contribution in [0.25, 0.3) is 0 Å². The van der Waals surface area contributed by atoms with Crippen molar-refractivity contribution in [2.45, 2.75) is 0 Å². The molecular weight excluding hydrogens is 302 g/mol. The van der Waals surface area contributed by atoms with E-state index in [0.717, 1.165) is 16.8 Å². The Labute approximate surface area is 123 Å². The summed E-state index contributed by atoms with van der Waals surface area (Å²) in [5.74, 6) is -2.15. The molecule has 1 fully saturated rings. The first kappa shape index (κ1) is 14.3. The molecule has 0 unspecified atom stereocenters. The zero-order valence-corrected chi connectivity index (χ0v) is 11.6. The summed E-state index contributed by atoms with van der Waals surface area (Å²) in [6, 6.07) is 5.59. The van der Waals surface area contributed by atoms with Gasteiger partial charge in [-0.3, -0.25) is 19.8 Å². The Bertz CT molecular complexity index is 572. The van der Waals surface area contributed by atoms with E-state index >= 15 is 0 Å². The van der Waals surface area contributed by atoms with Crippen molar-refractivity contribution in [3.63, 3.8) is 0 Å². The first-order valence-electron chi connectivity index (χ1n) is 5.38. The van der Waals surface area contributed by atoms with Gasteiger partial charge >= 0.3 is 11.8 Å². The van der Waals surface area contributed by atoms with Crippen LogP contribution in [0.1, 0.15) is 0 Å². The molecule has 1 aromatic rings. The lowest BCUT2D eigenvalue weighted by molar-refractivity contribution is -0.141. The minimum absolute atomic E-state index is 0.0393. The molecule has 3 N–H and O–H groups in total. The van der Waals surface area contributed by atoms with Crippen molar-refractivity contribution < 1.29 is 19.5 Å². The normalized spacial score (nSPS) is 14.3. The highest BCUT2D eigenvalue weighted by Crippen LogP contribution is 2.17. The standard InChI is InChI=1S/C11H9N3O4S2/c15-7-3-1-6(2-4-7)12-9(17)10(18)13-14-8(16)5-20-11(14)19/h1-4,15H,5H2,(H,12,17)(H,13,18). The van der Waals surface area contributed by atoms with Gasteiger partial charge < -0.3 is 10.4 Å². The molecule has 0 atom stereocenters. The van der Waals surface area contributed by atoms with Crippen LogP contribution in [-0.4, -0.2) is 37.9 Å². The third kappa shape index (κ3) is 3.25. The van der Waals surface area contributed by atoms with E-state index in [9.17, 15) is 14.4 Å². The van der Waals surface area contributed by atoms with E-state index in [2.05, 4.69) is 10.7 Å². The highest BCUT2D eigenvalue weighted by atomic mass is 32.2. The van der Waals surface area contributed by atoms with Crippen molar-refractivity contribution in [1.82, 2.24) is 10.4 Å². The van der Waals surface area contributed by atoms with E-state index in [0.29, 0.717) is 5.69 Å². The number of rotatable bonds is 2. The third-order valence-corrected chi connectivity index (χ3v) is 3.65. The first-order chi connectivity index (χ1) is 9.47. The summed E-state index contributed by atoms with van der Waals surface area (Å²) in [5.41, 5.74) is 2.47. The molecule has 1 aromatic carbocycles. The monoisotopic (exact) mass is 311 g/mol. The lowest BCUT2D eigenvalue weighted by atomic mass is 10.3. The van der Waals surface area contributed by atoms with Gasteiger partial charge in [0.25, 0.3) is 5.91 Å². The number of hydrazine groups is 1. The molecule has 20 heavy (non-hydrogen) atoms. The van der Waals surface area contributed by atoms with Crippen molar-refractivity contribution in [3.05, 3.63) is 24.3 Å². The fourth-order valence-corrected chi connectivity index (χ4v) is 2.32. The third-order valence-electron chi connectivity index (χ3n) is 2.30. The second-order valence-corrected chi connectivity index (χ2v) is 5.33. The van der Waals surface area contributed by atoms with E-state index in [-0.39, 0.29) is 21.7 Å². The van der Waals surface area contributed by atoms with Crippen molar-refractivity contribution in [3.8, 4) is 5.75 Å². The van der Waals surface area contributed by atoms with Gasteiger partial charge in [-0.05, 0) is 24.3 Å². The summed E-state index contributed by atoms with van der Waals surface area (Å²) in [7, 11) is 0. The van der Waals surface area contributed by atoms with Gasteiger partial charge in [0.15, 0.2) is 4.32 Å². The largest absolute Gasteiger partial charge is 0.508 e. The van der Waals surface area contributed by atoms with Crippen LogP contribution < -0.4 is 10.7 Å². The van der Waals surface area contributed by atoms with Gasteiger partial charge in [0.1, 0.15) is 5.75 Å². The quantitative estimate of drug-likeness (QED) is 0.411. The Hall–Kier alpha value is -2.13. The summed E-state index contributed by atoms with van der Waals surface area (Å²) < 4.78 is 0.195. The van der Waals surface area contributed by atoms with Gasteiger partial charge in [-0.15, -0.1) is 0 Å². The van der Waals surface area contributed by atoms with E-state index in [1.165, 1.54) is 24.3 Å². The Morgan fingerprint density at radius 1 is 1.25 bits per heavy atom. The van der Waals surface area contributed by atoms with Crippen molar-refractivity contribution in [1.29, 1.82) is 0 Å². The smallest absolute Gasteiger partial charge is 0.328 e. The molecule has 0 aliphatic carbocycles. The average Bonchev–Trinajstić information content (AvgIpc) is 2.73. The number of carbonyl (C=O) groups is 3. The van der Waals surface area contributed by atoms with Crippen molar-refractivity contribution in [2.75, 3.05) is 11.1 Å². The molecule has 0 bridgehead atoms. The number of nitrogens with one attached hydrogen (secondary N) is 2. The van der Waals surface area contributed by atoms with Crippen molar-refractivity contribution in [2.24, 2.45) is 0 Å². The molecule has 1 aliphatic rings. The fraction of sp³-hybridized carbons (Fsp3) is 0.0909. The molecule has 1 heterocycles. The van der Waals surface area contributed by atoms with Crippen LogP contribution >= 0.6 is 24.0 Å². The van der Waals surface area contributed by atoms with Gasteiger partial charge in [-0.2, -0.15) is 0 Å². The van der Waals surface area contributed by atoms with Crippen LogP contribution in [0.5, 0.6) is 5.75 Å². The molecule has 2 rings (SSSR count). The minimum Gasteiger partial charge on any atom is -0.508 e. The van der Waals surface area contributed by atoms with Crippen LogP contribution in [0.4, 0.5) is 5.69 Å². The predicted octanol–water partition coefficient (Wildman–Crippen LogP) is 0.222. The summed E-state index contributed by atoms with van der Waals surface area (Å²) >= 11 is 5.97. The molecular formula is C11H9N3O4S2. The second-order valence-electron chi connectivity index (χ2n) is 3.73. The lowest BCUT2D eigenvalue weighted by Gasteiger charge is -2.15. The number of phenolic OH excluding ortho intramolecular Hbond substituents is 1. The number of carbonyl (C=O) groups excluding carboxylic acids is 3. The minimum atomic E-state index is -1.00. The van der Waals surface area contributed by atoms with E-state index in [4.69, 9.17) is 17.3 Å². The van der Waals surface area contributed by atoms with Gasteiger partial charge in [-0.1, -0.05) is 24.0 Å². The number of thioether (sulfide) groups is 1. The molecule has 7 nitrogen and oxygen atoms in total. The summed E-state index contributed by atoms with van der Waals surface area (Å²) in [6.07, 6.45) is 0. The number of hydrogen-bond donors (Lipinski definition) is 3. The highest BCUT2D eigenvalue weighted by Gasteiger charge is 2.30. The SMILES string of the molecule is O=C(Nc1ccc(O)cc1)C(=O)NN1C(=O)CSC1=S. The number of nitrogens with zero attached hydrogens (tertiary/aromatic N) is 1. The molecule has 1 aliphatic heterocycles. The highest BCUT2D eigenvalue weighted by molar-refractivity contribution is 8.23. The Morgan fingerprint density at radius 2 is 1.90 bits per heavy atom. The maximum atomic E-state index is 11.6. The number of anilines is 1. The number of aromatic hydroxyl groups is 1. The number of phenols is 1. The Balaban J connectivity index is 1.95. The van der Waals surface area contributed by atoms with Crippen LogP contribution in [0.3, 0.4) is 0 Å². The number of amides is 3. The molecule has 104 valence electrons. The Morgan fingerprint density at radius 3 is 2.45 bits per heavy atom. The molecule has 9 heteroatoms. The average molecular weight is 311 g/mol. The van der Waals surface area contributed by atoms with Crippen molar-refractivity contribution >= 4 is 51.7 Å². The zero-order valence-electron chi connectivity index (χ0n) is 9.95. The number of benzene rings is 1. The van der Waals surface area contributed by atoms with Gasteiger partial charge in [0.05, 0.1) is 5.75 Å². The van der Waals surface area contributed by atoms with Gasteiger partial charge in [0.2, 0.25) is 0 Å². The molecule has 0 spiro atoms. The first-order valence-corrected chi connectivity index (χ1v) is 6.77. The zero-order chi connectivity index (χ0) is 14.7. The summed E-state index contributed by atoms with van der Waals surface area (Å²) in [5, 5.41) is 12.3. The lowest BCUT2D eigenvalue weighted by Crippen LogP contribution is -2.49. The molecule has 0 saturated carbocycles. The van der Waals surface area contributed by atoms with Crippen LogP contribution in [0, 0.1) is 0 Å².